The Labute approximate surface area is 127 Å². The molecule has 0 bridgehead atoms. The maximum atomic E-state index is 10.9. The van der Waals surface area contributed by atoms with E-state index in [-0.39, 0.29) is 11.1 Å². The monoisotopic (exact) mass is 299 g/mol. The van der Waals surface area contributed by atoms with E-state index in [1.165, 1.54) is 6.07 Å². The molecule has 6 nitrogen and oxygen atoms in total. The van der Waals surface area contributed by atoms with Gasteiger partial charge in [0.1, 0.15) is 5.82 Å². The standard InChI is InChI=1S/C16H17N3O3/c1-16(2,3)15-17-10-7-9(5-6-12(10)19(15)4)13-8-11(14(20)21)18-22-13/h5-8H,1-4H3,(H,20,21). The maximum absolute atomic E-state index is 10.9. The summed E-state index contributed by atoms with van der Waals surface area (Å²) in [6.45, 7) is 6.35. The second kappa shape index (κ2) is 4.69. The van der Waals surface area contributed by atoms with Gasteiger partial charge in [0.25, 0.3) is 0 Å². The summed E-state index contributed by atoms with van der Waals surface area (Å²) in [5, 5.41) is 12.4. The molecule has 22 heavy (non-hydrogen) atoms. The van der Waals surface area contributed by atoms with Crippen LogP contribution in [-0.2, 0) is 12.5 Å². The molecule has 0 amide bonds. The van der Waals surface area contributed by atoms with Crippen LogP contribution in [0.3, 0.4) is 0 Å². The number of aromatic carboxylic acids is 1. The Morgan fingerprint density at radius 3 is 2.59 bits per heavy atom. The van der Waals surface area contributed by atoms with Crippen molar-refractivity contribution < 1.29 is 14.4 Å². The van der Waals surface area contributed by atoms with Crippen molar-refractivity contribution in [3.8, 4) is 11.3 Å². The Kier molecular flexibility index (Phi) is 3.05. The number of benzene rings is 1. The van der Waals surface area contributed by atoms with Crippen molar-refractivity contribution in [1.82, 2.24) is 14.7 Å². The predicted molar refractivity (Wildman–Crippen MR) is 81.9 cm³/mol. The number of carboxylic acid groups (broad SMARTS) is 1. The molecule has 0 aliphatic rings. The zero-order chi connectivity index (χ0) is 16.1. The van der Waals surface area contributed by atoms with Gasteiger partial charge >= 0.3 is 5.97 Å². The van der Waals surface area contributed by atoms with Crippen LogP contribution in [0.4, 0.5) is 0 Å². The smallest absolute Gasteiger partial charge is 0.358 e. The largest absolute Gasteiger partial charge is 0.476 e. The minimum Gasteiger partial charge on any atom is -0.476 e. The van der Waals surface area contributed by atoms with Gasteiger partial charge in [0.15, 0.2) is 11.5 Å². The highest BCUT2D eigenvalue weighted by Crippen LogP contribution is 2.29. The van der Waals surface area contributed by atoms with E-state index in [9.17, 15) is 4.79 Å². The molecule has 0 unspecified atom stereocenters. The lowest BCUT2D eigenvalue weighted by Gasteiger charge is -2.17. The third-order valence-corrected chi connectivity index (χ3v) is 3.57. The minimum atomic E-state index is -1.11. The van der Waals surface area contributed by atoms with Crippen LogP contribution in [-0.4, -0.2) is 25.8 Å². The van der Waals surface area contributed by atoms with Crippen LogP contribution in [0.25, 0.3) is 22.4 Å². The molecule has 1 N–H and O–H groups in total. The molecule has 0 radical (unpaired) electrons. The number of hydrogen-bond acceptors (Lipinski definition) is 4. The van der Waals surface area contributed by atoms with Gasteiger partial charge in [-0.05, 0) is 18.2 Å². The quantitative estimate of drug-likeness (QED) is 0.785. The maximum Gasteiger partial charge on any atom is 0.358 e. The van der Waals surface area contributed by atoms with E-state index < -0.39 is 5.97 Å². The lowest BCUT2D eigenvalue weighted by molar-refractivity contribution is 0.0686. The highest BCUT2D eigenvalue weighted by molar-refractivity contribution is 5.87. The Bertz CT molecular complexity index is 869. The number of imidazole rings is 1. The van der Waals surface area contributed by atoms with Crippen LogP contribution < -0.4 is 0 Å². The van der Waals surface area contributed by atoms with Crippen molar-refractivity contribution in [2.45, 2.75) is 26.2 Å². The molecule has 0 fully saturated rings. The van der Waals surface area contributed by atoms with Gasteiger partial charge in [0, 0.05) is 24.1 Å². The van der Waals surface area contributed by atoms with Crippen LogP contribution in [0.15, 0.2) is 28.8 Å². The number of carboxylic acids is 1. The lowest BCUT2D eigenvalue weighted by atomic mass is 9.96. The van der Waals surface area contributed by atoms with Crippen molar-refractivity contribution in [3.63, 3.8) is 0 Å². The molecule has 0 spiro atoms. The summed E-state index contributed by atoms with van der Waals surface area (Å²) in [4.78, 5) is 15.6. The van der Waals surface area contributed by atoms with Gasteiger partial charge in [0.2, 0.25) is 0 Å². The highest BCUT2D eigenvalue weighted by atomic mass is 16.5. The first-order chi connectivity index (χ1) is 10.3. The van der Waals surface area contributed by atoms with Gasteiger partial charge < -0.3 is 14.2 Å². The van der Waals surface area contributed by atoms with Crippen molar-refractivity contribution in [2.75, 3.05) is 0 Å². The second-order valence-corrected chi connectivity index (χ2v) is 6.33. The number of rotatable bonds is 2. The Hall–Kier alpha value is -2.63. The van der Waals surface area contributed by atoms with Gasteiger partial charge in [-0.15, -0.1) is 0 Å². The number of aromatic nitrogens is 3. The number of hydrogen-bond donors (Lipinski definition) is 1. The Balaban J connectivity index is 2.11. The highest BCUT2D eigenvalue weighted by Gasteiger charge is 2.21. The predicted octanol–water partition coefficient (Wildman–Crippen LogP) is 3.22. The molecule has 0 aliphatic carbocycles. The minimum absolute atomic E-state index is 0.0589. The number of nitrogens with zero attached hydrogens (tertiary/aromatic N) is 3. The van der Waals surface area contributed by atoms with Gasteiger partial charge in [-0.25, -0.2) is 9.78 Å². The number of aryl methyl sites for hydroxylation is 1. The van der Waals surface area contributed by atoms with E-state index in [1.54, 1.807) is 0 Å². The first-order valence-corrected chi connectivity index (χ1v) is 6.95. The first kappa shape index (κ1) is 14.3. The van der Waals surface area contributed by atoms with Crippen molar-refractivity contribution in [2.24, 2.45) is 7.05 Å². The fraction of sp³-hybridized carbons (Fsp3) is 0.312. The van der Waals surface area contributed by atoms with Crippen molar-refractivity contribution in [3.05, 3.63) is 35.8 Å². The van der Waals surface area contributed by atoms with E-state index in [1.807, 2.05) is 25.2 Å². The molecule has 3 aromatic rings. The van der Waals surface area contributed by atoms with Gasteiger partial charge in [-0.3, -0.25) is 0 Å². The van der Waals surface area contributed by atoms with Crippen molar-refractivity contribution >= 4 is 17.0 Å². The zero-order valence-corrected chi connectivity index (χ0v) is 12.9. The van der Waals surface area contributed by atoms with E-state index in [0.29, 0.717) is 5.76 Å². The molecule has 1 aromatic carbocycles. The fourth-order valence-corrected chi connectivity index (χ4v) is 2.54. The van der Waals surface area contributed by atoms with Gasteiger partial charge in [-0.2, -0.15) is 0 Å². The molecule has 0 saturated carbocycles. The molecule has 0 saturated heterocycles. The second-order valence-electron chi connectivity index (χ2n) is 6.33. The first-order valence-electron chi connectivity index (χ1n) is 6.95. The molecule has 114 valence electrons. The molecule has 0 aliphatic heterocycles. The van der Waals surface area contributed by atoms with Crippen LogP contribution in [0, 0.1) is 0 Å². The van der Waals surface area contributed by atoms with Crippen LogP contribution in [0.2, 0.25) is 0 Å². The van der Waals surface area contributed by atoms with E-state index in [4.69, 9.17) is 14.6 Å². The van der Waals surface area contributed by atoms with Crippen molar-refractivity contribution in [1.29, 1.82) is 0 Å². The number of fused-ring (bicyclic) bond motifs is 1. The third kappa shape index (κ3) is 2.26. The SMILES string of the molecule is Cn1c(C(C)(C)C)nc2cc(-c3cc(C(=O)O)no3)ccc21. The van der Waals surface area contributed by atoms with Crippen LogP contribution in [0.1, 0.15) is 37.1 Å². The van der Waals surface area contributed by atoms with E-state index in [0.717, 1.165) is 22.4 Å². The molecule has 2 aromatic heterocycles. The topological polar surface area (TPSA) is 81.2 Å². The van der Waals surface area contributed by atoms with Gasteiger partial charge in [0.05, 0.1) is 11.0 Å². The summed E-state index contributed by atoms with van der Waals surface area (Å²) >= 11 is 0. The number of carbonyl (C=O) groups is 1. The van der Waals surface area contributed by atoms with E-state index in [2.05, 4.69) is 30.5 Å². The average molecular weight is 299 g/mol. The summed E-state index contributed by atoms with van der Waals surface area (Å²) in [5.74, 6) is 0.301. The summed E-state index contributed by atoms with van der Waals surface area (Å²) in [6.07, 6.45) is 0. The molecule has 2 heterocycles. The summed E-state index contributed by atoms with van der Waals surface area (Å²) in [7, 11) is 1.99. The molecular weight excluding hydrogens is 282 g/mol. The molecule has 6 heteroatoms. The Morgan fingerprint density at radius 1 is 1.27 bits per heavy atom. The zero-order valence-electron chi connectivity index (χ0n) is 12.9. The Morgan fingerprint density at radius 2 is 2.00 bits per heavy atom. The molecular formula is C16H17N3O3. The van der Waals surface area contributed by atoms with Gasteiger partial charge in [-0.1, -0.05) is 25.9 Å². The summed E-state index contributed by atoms with van der Waals surface area (Å²) < 4.78 is 7.17. The third-order valence-electron chi connectivity index (χ3n) is 3.57. The average Bonchev–Trinajstić information content (AvgIpc) is 3.03. The molecule has 0 atom stereocenters. The normalized spacial score (nSPS) is 12.0. The van der Waals surface area contributed by atoms with Crippen LogP contribution in [0.5, 0.6) is 0 Å². The van der Waals surface area contributed by atoms with Crippen LogP contribution >= 0.6 is 0 Å². The van der Waals surface area contributed by atoms with E-state index >= 15 is 0 Å². The molecule has 3 rings (SSSR count). The summed E-state index contributed by atoms with van der Waals surface area (Å²) in [6, 6.07) is 7.13. The summed E-state index contributed by atoms with van der Waals surface area (Å²) in [5.41, 5.74) is 2.46. The lowest BCUT2D eigenvalue weighted by Crippen LogP contribution is -2.17. The fourth-order valence-electron chi connectivity index (χ4n) is 2.54.